The molecule has 1 N–H and O–H groups in total. The van der Waals surface area contributed by atoms with Gasteiger partial charge in [-0.25, -0.2) is 0 Å². The molecule has 0 saturated carbocycles. The smallest absolute Gasteiger partial charge is 0.152 e. The Morgan fingerprint density at radius 3 is 2.50 bits per heavy atom. The summed E-state index contributed by atoms with van der Waals surface area (Å²) >= 11 is 0. The minimum atomic E-state index is -0.838. The number of nitrogens with zero attached hydrogens (tertiary/aromatic N) is 1. The molecular weight excluding hydrogens is 104 g/mol. The quantitative estimate of drug-likeness (QED) is 0.522. The van der Waals surface area contributed by atoms with Gasteiger partial charge in [0.05, 0.1) is 6.07 Å². The van der Waals surface area contributed by atoms with E-state index in [0.717, 1.165) is 6.21 Å². The number of Topliss-reactive ketones (excluding diaryl/α,β-unsaturated/α-hetero) is 1. The van der Waals surface area contributed by atoms with Gasteiger partial charge in [0.2, 0.25) is 0 Å². The van der Waals surface area contributed by atoms with Crippen molar-refractivity contribution in [3.05, 3.63) is 0 Å². The molecule has 0 aromatic carbocycles. The van der Waals surface area contributed by atoms with Gasteiger partial charge < -0.3 is 5.41 Å². The lowest BCUT2D eigenvalue weighted by atomic mass is 10.1. The van der Waals surface area contributed by atoms with Crippen LogP contribution < -0.4 is 0 Å². The third kappa shape index (κ3) is 1.52. The summed E-state index contributed by atoms with van der Waals surface area (Å²) in [6.07, 6.45) is 0.836. The van der Waals surface area contributed by atoms with E-state index in [2.05, 4.69) is 0 Å². The zero-order chi connectivity index (χ0) is 6.57. The molecule has 0 heterocycles. The van der Waals surface area contributed by atoms with Crippen LogP contribution in [0.25, 0.3) is 0 Å². The fraction of sp³-hybridized carbons (Fsp3) is 0.400. The molecular formula is C5H6N2O. The van der Waals surface area contributed by atoms with Crippen LogP contribution in [0.4, 0.5) is 0 Å². The number of nitrogens with one attached hydrogen (secondary N) is 1. The molecule has 0 spiro atoms. The van der Waals surface area contributed by atoms with Gasteiger partial charge in [0, 0.05) is 6.21 Å². The number of rotatable bonds is 2. The predicted octanol–water partition coefficient (Wildman–Crippen LogP) is 0.365. The van der Waals surface area contributed by atoms with Gasteiger partial charge in [-0.2, -0.15) is 5.26 Å². The highest BCUT2D eigenvalue weighted by atomic mass is 16.1. The highest BCUT2D eigenvalue weighted by molar-refractivity contribution is 5.95. The van der Waals surface area contributed by atoms with Crippen LogP contribution in [0, 0.1) is 22.7 Å². The Morgan fingerprint density at radius 1 is 2.00 bits per heavy atom. The Kier molecular flexibility index (Phi) is 2.49. The van der Waals surface area contributed by atoms with E-state index in [-0.39, 0.29) is 5.78 Å². The maximum atomic E-state index is 10.2. The topological polar surface area (TPSA) is 64.7 Å². The van der Waals surface area contributed by atoms with Crippen molar-refractivity contribution in [2.24, 2.45) is 5.92 Å². The van der Waals surface area contributed by atoms with Crippen molar-refractivity contribution in [3.63, 3.8) is 0 Å². The molecule has 0 aliphatic rings. The number of hydrogen-bond acceptors (Lipinski definition) is 3. The summed E-state index contributed by atoms with van der Waals surface area (Å²) in [6, 6.07) is 1.66. The Hall–Kier alpha value is -1.17. The molecule has 3 nitrogen and oxygen atoms in total. The summed E-state index contributed by atoms with van der Waals surface area (Å²) in [5.41, 5.74) is 0. The number of nitriles is 1. The van der Waals surface area contributed by atoms with Gasteiger partial charge in [-0.1, -0.05) is 0 Å². The fourth-order valence-corrected chi connectivity index (χ4v) is 0.246. The van der Waals surface area contributed by atoms with Gasteiger partial charge in [0.1, 0.15) is 5.92 Å². The Morgan fingerprint density at radius 2 is 2.50 bits per heavy atom. The number of carbonyl (C=O) groups is 1. The summed E-state index contributed by atoms with van der Waals surface area (Å²) in [6.45, 7) is 1.29. The standard InChI is InChI=1S/C5H6N2O/c1-4(8)5(2-6)3-7/h2,5-6H,1H3. The lowest BCUT2D eigenvalue weighted by molar-refractivity contribution is -0.117. The van der Waals surface area contributed by atoms with Crippen LogP contribution in [0.3, 0.4) is 0 Å². The van der Waals surface area contributed by atoms with E-state index in [9.17, 15) is 4.79 Å². The molecule has 0 rings (SSSR count). The van der Waals surface area contributed by atoms with E-state index in [4.69, 9.17) is 10.7 Å². The molecule has 8 heavy (non-hydrogen) atoms. The van der Waals surface area contributed by atoms with Crippen molar-refractivity contribution in [2.45, 2.75) is 6.92 Å². The lowest BCUT2D eigenvalue weighted by Crippen LogP contribution is -2.08. The molecule has 1 unspecified atom stereocenters. The minimum Gasteiger partial charge on any atom is -0.311 e. The molecule has 0 aliphatic carbocycles. The van der Waals surface area contributed by atoms with E-state index < -0.39 is 5.92 Å². The second-order valence-corrected chi connectivity index (χ2v) is 1.38. The van der Waals surface area contributed by atoms with Crippen molar-refractivity contribution in [2.75, 3.05) is 0 Å². The van der Waals surface area contributed by atoms with Crippen LogP contribution in [0.5, 0.6) is 0 Å². The van der Waals surface area contributed by atoms with Crippen LogP contribution in [-0.2, 0) is 4.79 Å². The van der Waals surface area contributed by atoms with Gasteiger partial charge in [-0.3, -0.25) is 4.79 Å². The molecule has 0 saturated heterocycles. The molecule has 42 valence electrons. The molecule has 0 fully saturated rings. The van der Waals surface area contributed by atoms with Gasteiger partial charge in [-0.05, 0) is 6.92 Å². The summed E-state index contributed by atoms with van der Waals surface area (Å²) in [5.74, 6) is -1.11. The van der Waals surface area contributed by atoms with Crippen LogP contribution in [0.2, 0.25) is 0 Å². The van der Waals surface area contributed by atoms with E-state index >= 15 is 0 Å². The van der Waals surface area contributed by atoms with E-state index in [0.29, 0.717) is 0 Å². The van der Waals surface area contributed by atoms with Crippen LogP contribution >= 0.6 is 0 Å². The molecule has 3 heteroatoms. The van der Waals surface area contributed by atoms with Crippen molar-refractivity contribution in [3.8, 4) is 6.07 Å². The third-order valence-electron chi connectivity index (χ3n) is 0.744. The Balaban J connectivity index is 3.95. The second kappa shape index (κ2) is 2.92. The second-order valence-electron chi connectivity index (χ2n) is 1.38. The molecule has 0 aromatic rings. The van der Waals surface area contributed by atoms with Gasteiger partial charge in [0.25, 0.3) is 0 Å². The molecule has 0 radical (unpaired) electrons. The zero-order valence-electron chi connectivity index (χ0n) is 4.51. The van der Waals surface area contributed by atoms with Crippen LogP contribution in [-0.4, -0.2) is 12.0 Å². The lowest BCUT2D eigenvalue weighted by Gasteiger charge is -1.89. The SMILES string of the molecule is CC(=O)C(C#N)C=N. The Bertz CT molecular complexity index is 145. The highest BCUT2D eigenvalue weighted by Gasteiger charge is 2.06. The van der Waals surface area contributed by atoms with Gasteiger partial charge in [0.15, 0.2) is 5.78 Å². The molecule has 0 aromatic heterocycles. The zero-order valence-corrected chi connectivity index (χ0v) is 4.51. The Labute approximate surface area is 47.4 Å². The number of carbonyl (C=O) groups excluding carboxylic acids is 1. The first-order valence-corrected chi connectivity index (χ1v) is 2.13. The van der Waals surface area contributed by atoms with E-state index in [1.807, 2.05) is 0 Å². The average Bonchev–Trinajstić information content (AvgIpc) is 1.69. The van der Waals surface area contributed by atoms with E-state index in [1.54, 1.807) is 6.07 Å². The first-order chi connectivity index (χ1) is 3.72. The summed E-state index contributed by atoms with van der Waals surface area (Å²) in [4.78, 5) is 10.2. The van der Waals surface area contributed by atoms with Crippen molar-refractivity contribution in [1.82, 2.24) is 0 Å². The van der Waals surface area contributed by atoms with Gasteiger partial charge >= 0.3 is 0 Å². The molecule has 0 bridgehead atoms. The normalized spacial score (nSPS) is 11.5. The first-order valence-electron chi connectivity index (χ1n) is 2.13. The van der Waals surface area contributed by atoms with Crippen molar-refractivity contribution < 1.29 is 4.79 Å². The first kappa shape index (κ1) is 6.83. The fourth-order valence-electron chi connectivity index (χ4n) is 0.246. The predicted molar refractivity (Wildman–Crippen MR) is 28.6 cm³/mol. The monoisotopic (exact) mass is 110 g/mol. The van der Waals surface area contributed by atoms with Gasteiger partial charge in [-0.15, -0.1) is 0 Å². The third-order valence-corrected chi connectivity index (χ3v) is 0.744. The molecule has 1 atom stereocenters. The summed E-state index contributed by atoms with van der Waals surface area (Å²) in [7, 11) is 0. The van der Waals surface area contributed by atoms with Crippen LogP contribution in [0.15, 0.2) is 0 Å². The largest absolute Gasteiger partial charge is 0.311 e. The van der Waals surface area contributed by atoms with Crippen molar-refractivity contribution >= 4 is 12.0 Å². The highest BCUT2D eigenvalue weighted by Crippen LogP contribution is 1.88. The minimum absolute atomic E-state index is 0.275. The maximum absolute atomic E-state index is 10.2. The van der Waals surface area contributed by atoms with Crippen molar-refractivity contribution in [1.29, 1.82) is 10.7 Å². The number of hydrogen-bond donors (Lipinski definition) is 1. The molecule has 0 amide bonds. The maximum Gasteiger partial charge on any atom is 0.152 e. The van der Waals surface area contributed by atoms with E-state index in [1.165, 1.54) is 6.92 Å². The summed E-state index contributed by atoms with van der Waals surface area (Å²) < 4.78 is 0. The number of ketones is 1. The summed E-state index contributed by atoms with van der Waals surface area (Å²) in [5, 5.41) is 14.6. The average molecular weight is 110 g/mol. The molecule has 0 aliphatic heterocycles. The van der Waals surface area contributed by atoms with Crippen LogP contribution in [0.1, 0.15) is 6.92 Å².